The van der Waals surface area contributed by atoms with Crippen molar-refractivity contribution in [2.45, 2.75) is 0 Å². The molecule has 1 aromatic heterocycles. The molecule has 72 valence electrons. The second-order valence-corrected chi connectivity index (χ2v) is 3.75. The summed E-state index contributed by atoms with van der Waals surface area (Å²) >= 11 is 3.41. The van der Waals surface area contributed by atoms with Crippen LogP contribution >= 0.6 is 15.9 Å². The summed E-state index contributed by atoms with van der Waals surface area (Å²) in [6, 6.07) is 6.28. The maximum atomic E-state index is 12.7. The first-order chi connectivity index (χ1) is 6.68. The zero-order chi connectivity index (χ0) is 10.1. The van der Waals surface area contributed by atoms with Gasteiger partial charge in [-0.3, -0.25) is 0 Å². The molecule has 0 saturated heterocycles. The summed E-state index contributed by atoms with van der Waals surface area (Å²) in [6.07, 6.45) is 1.71. The molecule has 0 saturated carbocycles. The first kappa shape index (κ1) is 9.40. The molecule has 14 heavy (non-hydrogen) atoms. The van der Waals surface area contributed by atoms with E-state index < -0.39 is 0 Å². The minimum Gasteiger partial charge on any atom is -0.328 e. The molecule has 0 aliphatic carbocycles. The van der Waals surface area contributed by atoms with E-state index in [4.69, 9.17) is 0 Å². The maximum Gasteiger partial charge on any atom is 0.123 e. The quantitative estimate of drug-likeness (QED) is 0.765. The number of nitrogens with zero attached hydrogens (tertiary/aromatic N) is 2. The fourth-order valence-corrected chi connectivity index (χ4v) is 1.64. The molecule has 0 N–H and O–H groups in total. The van der Waals surface area contributed by atoms with Gasteiger partial charge in [0.25, 0.3) is 0 Å². The van der Waals surface area contributed by atoms with Crippen molar-refractivity contribution >= 4 is 15.9 Å². The minimum absolute atomic E-state index is 0.235. The summed E-state index contributed by atoms with van der Waals surface area (Å²) in [4.78, 5) is 4.21. The van der Waals surface area contributed by atoms with Gasteiger partial charge in [0.1, 0.15) is 16.1 Å². The molecule has 2 rings (SSSR count). The number of aryl methyl sites for hydroxylation is 1. The Morgan fingerprint density at radius 2 is 1.93 bits per heavy atom. The van der Waals surface area contributed by atoms with E-state index in [0.717, 1.165) is 15.9 Å². The number of benzene rings is 1. The third-order valence-electron chi connectivity index (χ3n) is 1.98. The van der Waals surface area contributed by atoms with Crippen molar-refractivity contribution in [3.63, 3.8) is 0 Å². The SMILES string of the molecule is Cn1cnc(-c2ccc(F)cc2)c1Br. The van der Waals surface area contributed by atoms with Crippen LogP contribution in [0.3, 0.4) is 0 Å². The molecule has 2 nitrogen and oxygen atoms in total. The summed E-state index contributed by atoms with van der Waals surface area (Å²) in [5.41, 5.74) is 1.73. The number of aromatic nitrogens is 2. The van der Waals surface area contributed by atoms with E-state index in [0.29, 0.717) is 0 Å². The molecule has 0 atom stereocenters. The molecule has 0 fully saturated rings. The van der Waals surface area contributed by atoms with Crippen molar-refractivity contribution < 1.29 is 4.39 Å². The van der Waals surface area contributed by atoms with Gasteiger partial charge in [-0.05, 0) is 40.2 Å². The lowest BCUT2D eigenvalue weighted by molar-refractivity contribution is 0.628. The Morgan fingerprint density at radius 1 is 1.29 bits per heavy atom. The van der Waals surface area contributed by atoms with Crippen LogP contribution in [0.25, 0.3) is 11.3 Å². The largest absolute Gasteiger partial charge is 0.328 e. The normalized spacial score (nSPS) is 10.5. The predicted molar refractivity (Wildman–Crippen MR) is 56.3 cm³/mol. The predicted octanol–water partition coefficient (Wildman–Crippen LogP) is 2.99. The van der Waals surface area contributed by atoms with Gasteiger partial charge in [0.05, 0.1) is 6.33 Å². The number of imidazole rings is 1. The van der Waals surface area contributed by atoms with E-state index in [1.165, 1.54) is 12.1 Å². The Labute approximate surface area is 89.5 Å². The van der Waals surface area contributed by atoms with Crippen LogP contribution in [0.5, 0.6) is 0 Å². The number of halogens is 2. The third-order valence-corrected chi connectivity index (χ3v) is 2.92. The van der Waals surface area contributed by atoms with Crippen LogP contribution in [0.1, 0.15) is 0 Å². The van der Waals surface area contributed by atoms with Gasteiger partial charge in [-0.2, -0.15) is 0 Å². The second-order valence-electron chi connectivity index (χ2n) is 3.00. The number of hydrogen-bond donors (Lipinski definition) is 0. The summed E-state index contributed by atoms with van der Waals surface area (Å²) in [6.45, 7) is 0. The molecule has 0 amide bonds. The third kappa shape index (κ3) is 1.57. The molecule has 0 unspecified atom stereocenters. The second kappa shape index (κ2) is 3.53. The van der Waals surface area contributed by atoms with Crippen LogP contribution < -0.4 is 0 Å². The lowest BCUT2D eigenvalue weighted by Gasteiger charge is -1.98. The monoisotopic (exact) mass is 254 g/mol. The molecular formula is C10H8BrFN2. The Balaban J connectivity index is 2.49. The lowest BCUT2D eigenvalue weighted by Crippen LogP contribution is -1.84. The van der Waals surface area contributed by atoms with E-state index in [2.05, 4.69) is 20.9 Å². The van der Waals surface area contributed by atoms with Crippen LogP contribution in [0.15, 0.2) is 35.2 Å². The Hall–Kier alpha value is -1.16. The van der Waals surface area contributed by atoms with Gasteiger partial charge in [0.15, 0.2) is 0 Å². The van der Waals surface area contributed by atoms with Gasteiger partial charge in [-0.25, -0.2) is 9.37 Å². The first-order valence-electron chi connectivity index (χ1n) is 4.11. The highest BCUT2D eigenvalue weighted by atomic mass is 79.9. The van der Waals surface area contributed by atoms with Crippen LogP contribution in [0.4, 0.5) is 4.39 Å². The summed E-state index contributed by atoms with van der Waals surface area (Å²) in [7, 11) is 1.89. The van der Waals surface area contributed by atoms with Gasteiger partial charge in [-0.15, -0.1) is 0 Å². The van der Waals surface area contributed by atoms with Gasteiger partial charge in [-0.1, -0.05) is 0 Å². The Bertz CT molecular complexity index is 448. The van der Waals surface area contributed by atoms with Gasteiger partial charge < -0.3 is 4.57 Å². The van der Waals surface area contributed by atoms with E-state index in [1.807, 2.05) is 11.6 Å². The molecular weight excluding hydrogens is 247 g/mol. The molecule has 4 heteroatoms. The molecule has 0 spiro atoms. The van der Waals surface area contributed by atoms with E-state index in [9.17, 15) is 4.39 Å². The van der Waals surface area contributed by atoms with Crippen molar-refractivity contribution in [3.05, 3.63) is 41.0 Å². The number of rotatable bonds is 1. The summed E-state index contributed by atoms with van der Waals surface area (Å²) in [5.74, 6) is -0.235. The van der Waals surface area contributed by atoms with Gasteiger partial charge >= 0.3 is 0 Å². The van der Waals surface area contributed by atoms with Crippen LogP contribution in [0.2, 0.25) is 0 Å². The highest BCUT2D eigenvalue weighted by Gasteiger charge is 2.07. The molecule has 0 radical (unpaired) electrons. The topological polar surface area (TPSA) is 17.8 Å². The highest BCUT2D eigenvalue weighted by molar-refractivity contribution is 9.10. The van der Waals surface area contributed by atoms with Crippen molar-refractivity contribution in [1.82, 2.24) is 9.55 Å². The van der Waals surface area contributed by atoms with E-state index >= 15 is 0 Å². The smallest absolute Gasteiger partial charge is 0.123 e. The molecule has 2 aromatic rings. The lowest BCUT2D eigenvalue weighted by atomic mass is 10.2. The van der Waals surface area contributed by atoms with E-state index in [1.54, 1.807) is 18.5 Å². The summed E-state index contributed by atoms with van der Waals surface area (Å²) < 4.78 is 15.4. The van der Waals surface area contributed by atoms with Crippen LogP contribution in [0, 0.1) is 5.82 Å². The fourth-order valence-electron chi connectivity index (χ4n) is 1.22. The molecule has 1 aromatic carbocycles. The fraction of sp³-hybridized carbons (Fsp3) is 0.100. The zero-order valence-electron chi connectivity index (χ0n) is 7.54. The maximum absolute atomic E-state index is 12.7. The standard InChI is InChI=1S/C10H8BrFN2/c1-14-6-13-9(10(14)11)7-2-4-8(12)5-3-7/h2-6H,1H3. The van der Waals surface area contributed by atoms with Crippen molar-refractivity contribution in [3.8, 4) is 11.3 Å². The van der Waals surface area contributed by atoms with Crippen molar-refractivity contribution in [1.29, 1.82) is 0 Å². The van der Waals surface area contributed by atoms with Crippen molar-refractivity contribution in [2.75, 3.05) is 0 Å². The molecule has 0 aliphatic heterocycles. The molecule has 0 aliphatic rings. The van der Waals surface area contributed by atoms with Crippen LogP contribution in [-0.2, 0) is 7.05 Å². The van der Waals surface area contributed by atoms with Crippen LogP contribution in [-0.4, -0.2) is 9.55 Å². The van der Waals surface area contributed by atoms with Gasteiger partial charge in [0, 0.05) is 12.6 Å². The van der Waals surface area contributed by atoms with E-state index in [-0.39, 0.29) is 5.82 Å². The highest BCUT2D eigenvalue weighted by Crippen LogP contribution is 2.25. The summed E-state index contributed by atoms with van der Waals surface area (Å²) in [5, 5.41) is 0. The minimum atomic E-state index is -0.235. The number of hydrogen-bond acceptors (Lipinski definition) is 1. The van der Waals surface area contributed by atoms with Gasteiger partial charge in [0.2, 0.25) is 0 Å². The van der Waals surface area contributed by atoms with Crippen molar-refractivity contribution in [2.24, 2.45) is 7.05 Å². The Kier molecular flexibility index (Phi) is 2.37. The average Bonchev–Trinajstić information content (AvgIpc) is 2.50. The molecule has 1 heterocycles. The average molecular weight is 255 g/mol. The zero-order valence-corrected chi connectivity index (χ0v) is 9.12. The molecule has 0 bridgehead atoms. The Morgan fingerprint density at radius 3 is 2.43 bits per heavy atom. The first-order valence-corrected chi connectivity index (χ1v) is 4.90.